The summed E-state index contributed by atoms with van der Waals surface area (Å²) in [6.45, 7) is 2.03. The minimum Gasteiger partial charge on any atom is -0.353 e. The number of Topliss-reactive ketones (excluding diaryl/α,β-unsaturated/α-hetero) is 1. The van der Waals surface area contributed by atoms with Crippen molar-refractivity contribution in [2.75, 3.05) is 0 Å². The first-order valence-electron chi connectivity index (χ1n) is 6.50. The Labute approximate surface area is 108 Å². The Morgan fingerprint density at radius 2 is 1.83 bits per heavy atom. The Kier molecular flexibility index (Phi) is 4.13. The van der Waals surface area contributed by atoms with E-state index in [1.54, 1.807) is 0 Å². The number of hydrogen-bond acceptors (Lipinski definition) is 2. The first-order valence-corrected chi connectivity index (χ1v) is 6.50. The highest BCUT2D eigenvalue weighted by molar-refractivity contribution is 5.81. The van der Waals surface area contributed by atoms with Gasteiger partial charge in [0.05, 0.1) is 6.42 Å². The molecule has 0 aromatic heterocycles. The summed E-state index contributed by atoms with van der Waals surface area (Å²) in [6.07, 6.45) is 3.21. The molecule has 0 saturated heterocycles. The second-order valence-electron chi connectivity index (χ2n) is 5.04. The topological polar surface area (TPSA) is 46.2 Å². The van der Waals surface area contributed by atoms with Gasteiger partial charge in [-0.05, 0) is 25.3 Å². The third-order valence-corrected chi connectivity index (χ3v) is 3.39. The molecule has 0 heterocycles. The van der Waals surface area contributed by atoms with E-state index in [0.717, 1.165) is 18.4 Å². The molecule has 0 aliphatic heterocycles. The van der Waals surface area contributed by atoms with E-state index in [-0.39, 0.29) is 11.9 Å². The van der Waals surface area contributed by atoms with E-state index in [1.165, 1.54) is 5.56 Å². The van der Waals surface area contributed by atoms with Gasteiger partial charge in [0.1, 0.15) is 5.78 Å². The summed E-state index contributed by atoms with van der Waals surface area (Å²) in [5, 5.41) is 3.01. The Morgan fingerprint density at radius 1 is 1.22 bits per heavy atom. The molecule has 1 amide bonds. The number of nitrogens with one attached hydrogen (secondary N) is 1. The summed E-state index contributed by atoms with van der Waals surface area (Å²) in [5.41, 5.74) is 2.23. The molecule has 96 valence electrons. The fourth-order valence-electron chi connectivity index (χ4n) is 2.25. The van der Waals surface area contributed by atoms with Crippen molar-refractivity contribution in [3.05, 3.63) is 35.4 Å². The zero-order valence-electron chi connectivity index (χ0n) is 10.7. The molecule has 2 rings (SSSR count). The summed E-state index contributed by atoms with van der Waals surface area (Å²) >= 11 is 0. The number of carbonyl (C=O) groups excluding carboxylic acids is 2. The maximum Gasteiger partial charge on any atom is 0.224 e. The van der Waals surface area contributed by atoms with E-state index in [1.807, 2.05) is 31.2 Å². The first kappa shape index (κ1) is 12.8. The molecule has 3 heteroatoms. The predicted octanol–water partition coefficient (Wildman–Crippen LogP) is 2.17. The summed E-state index contributed by atoms with van der Waals surface area (Å²) in [4.78, 5) is 23.0. The molecule has 1 fully saturated rings. The number of amides is 1. The number of carbonyl (C=O) groups is 2. The van der Waals surface area contributed by atoms with Gasteiger partial charge in [-0.25, -0.2) is 0 Å². The number of rotatable bonds is 3. The standard InChI is InChI=1S/C15H19NO2/c1-11-2-4-12(5-3-11)10-15(18)16-13-6-8-14(17)9-7-13/h2-5,13H,6-10H2,1H3,(H,16,18). The molecule has 1 aromatic rings. The quantitative estimate of drug-likeness (QED) is 0.887. The lowest BCUT2D eigenvalue weighted by Gasteiger charge is -2.22. The van der Waals surface area contributed by atoms with E-state index >= 15 is 0 Å². The third kappa shape index (κ3) is 3.69. The average molecular weight is 245 g/mol. The highest BCUT2D eigenvalue weighted by atomic mass is 16.1. The molecule has 0 atom stereocenters. The van der Waals surface area contributed by atoms with Crippen molar-refractivity contribution < 1.29 is 9.59 Å². The monoisotopic (exact) mass is 245 g/mol. The third-order valence-electron chi connectivity index (χ3n) is 3.39. The highest BCUT2D eigenvalue weighted by Crippen LogP contribution is 2.15. The van der Waals surface area contributed by atoms with Crippen molar-refractivity contribution in [2.24, 2.45) is 0 Å². The Bertz CT molecular complexity index is 426. The number of ketones is 1. The van der Waals surface area contributed by atoms with Crippen LogP contribution in [0.2, 0.25) is 0 Å². The Balaban J connectivity index is 1.81. The molecule has 1 N–H and O–H groups in total. The zero-order chi connectivity index (χ0) is 13.0. The molecule has 0 bridgehead atoms. The SMILES string of the molecule is Cc1ccc(CC(=O)NC2CCC(=O)CC2)cc1. The van der Waals surface area contributed by atoms with Gasteiger partial charge in [0.15, 0.2) is 0 Å². The fraction of sp³-hybridized carbons (Fsp3) is 0.467. The summed E-state index contributed by atoms with van der Waals surface area (Å²) in [7, 11) is 0. The lowest BCUT2D eigenvalue weighted by Crippen LogP contribution is -2.38. The van der Waals surface area contributed by atoms with Crippen molar-refractivity contribution in [1.82, 2.24) is 5.32 Å². The molecule has 1 aliphatic rings. The van der Waals surface area contributed by atoms with Crippen molar-refractivity contribution >= 4 is 11.7 Å². The highest BCUT2D eigenvalue weighted by Gasteiger charge is 2.19. The van der Waals surface area contributed by atoms with Crippen LogP contribution >= 0.6 is 0 Å². The maximum absolute atomic E-state index is 11.9. The van der Waals surface area contributed by atoms with Gasteiger partial charge in [-0.3, -0.25) is 9.59 Å². The minimum atomic E-state index is 0.0539. The van der Waals surface area contributed by atoms with Crippen LogP contribution in [-0.4, -0.2) is 17.7 Å². The number of hydrogen-bond donors (Lipinski definition) is 1. The van der Waals surface area contributed by atoms with Crippen LogP contribution in [0.3, 0.4) is 0 Å². The van der Waals surface area contributed by atoms with Crippen LogP contribution in [0.15, 0.2) is 24.3 Å². The molecular formula is C15H19NO2. The van der Waals surface area contributed by atoms with Gasteiger partial charge in [-0.15, -0.1) is 0 Å². The van der Waals surface area contributed by atoms with Gasteiger partial charge in [0.2, 0.25) is 5.91 Å². The maximum atomic E-state index is 11.9. The predicted molar refractivity (Wildman–Crippen MR) is 70.3 cm³/mol. The van der Waals surface area contributed by atoms with Crippen molar-refractivity contribution in [3.8, 4) is 0 Å². The van der Waals surface area contributed by atoms with Gasteiger partial charge in [-0.1, -0.05) is 29.8 Å². The van der Waals surface area contributed by atoms with Gasteiger partial charge in [0.25, 0.3) is 0 Å². The van der Waals surface area contributed by atoms with E-state index in [9.17, 15) is 9.59 Å². The molecule has 0 spiro atoms. The van der Waals surface area contributed by atoms with Gasteiger partial charge in [0, 0.05) is 18.9 Å². The summed E-state index contributed by atoms with van der Waals surface area (Å²) < 4.78 is 0. The molecule has 1 saturated carbocycles. The molecule has 1 aliphatic carbocycles. The van der Waals surface area contributed by atoms with Crippen LogP contribution in [0.1, 0.15) is 36.8 Å². The number of benzene rings is 1. The van der Waals surface area contributed by atoms with Crippen LogP contribution in [0.25, 0.3) is 0 Å². The molecular weight excluding hydrogens is 226 g/mol. The molecule has 1 aromatic carbocycles. The van der Waals surface area contributed by atoms with Crippen molar-refractivity contribution in [3.63, 3.8) is 0 Å². The second-order valence-corrected chi connectivity index (χ2v) is 5.04. The largest absolute Gasteiger partial charge is 0.353 e. The molecule has 0 unspecified atom stereocenters. The van der Waals surface area contributed by atoms with Crippen LogP contribution in [0, 0.1) is 6.92 Å². The van der Waals surface area contributed by atoms with E-state index in [4.69, 9.17) is 0 Å². The van der Waals surface area contributed by atoms with E-state index in [2.05, 4.69) is 5.32 Å². The van der Waals surface area contributed by atoms with Crippen LogP contribution < -0.4 is 5.32 Å². The minimum absolute atomic E-state index is 0.0539. The average Bonchev–Trinajstić information content (AvgIpc) is 2.35. The van der Waals surface area contributed by atoms with E-state index in [0.29, 0.717) is 25.0 Å². The smallest absolute Gasteiger partial charge is 0.224 e. The molecule has 3 nitrogen and oxygen atoms in total. The lowest BCUT2D eigenvalue weighted by atomic mass is 9.94. The first-order chi connectivity index (χ1) is 8.63. The fourth-order valence-corrected chi connectivity index (χ4v) is 2.25. The zero-order valence-corrected chi connectivity index (χ0v) is 10.7. The van der Waals surface area contributed by atoms with Crippen molar-refractivity contribution in [2.45, 2.75) is 45.1 Å². The van der Waals surface area contributed by atoms with Crippen LogP contribution in [0.4, 0.5) is 0 Å². The normalized spacial score (nSPS) is 16.6. The second kappa shape index (κ2) is 5.80. The van der Waals surface area contributed by atoms with Gasteiger partial charge in [-0.2, -0.15) is 0 Å². The summed E-state index contributed by atoms with van der Waals surface area (Å²) in [5.74, 6) is 0.372. The molecule has 18 heavy (non-hydrogen) atoms. The van der Waals surface area contributed by atoms with E-state index < -0.39 is 0 Å². The van der Waals surface area contributed by atoms with Crippen LogP contribution in [-0.2, 0) is 16.0 Å². The molecule has 0 radical (unpaired) electrons. The number of aryl methyl sites for hydroxylation is 1. The van der Waals surface area contributed by atoms with Gasteiger partial charge < -0.3 is 5.32 Å². The van der Waals surface area contributed by atoms with Crippen molar-refractivity contribution in [1.29, 1.82) is 0 Å². The lowest BCUT2D eigenvalue weighted by molar-refractivity contribution is -0.124. The Hall–Kier alpha value is -1.64. The Morgan fingerprint density at radius 3 is 2.44 bits per heavy atom. The van der Waals surface area contributed by atoms with Gasteiger partial charge >= 0.3 is 0 Å². The summed E-state index contributed by atoms with van der Waals surface area (Å²) in [6, 6.07) is 8.18. The van der Waals surface area contributed by atoms with Crippen LogP contribution in [0.5, 0.6) is 0 Å².